The summed E-state index contributed by atoms with van der Waals surface area (Å²) in [7, 11) is 0. The molecule has 0 bridgehead atoms. The third kappa shape index (κ3) is 3.50. The first-order chi connectivity index (χ1) is 8.65. The van der Waals surface area contributed by atoms with E-state index in [1.807, 2.05) is 0 Å². The summed E-state index contributed by atoms with van der Waals surface area (Å²) in [6.07, 6.45) is 1.91. The van der Waals surface area contributed by atoms with Gasteiger partial charge < -0.3 is 10.6 Å². The van der Waals surface area contributed by atoms with Crippen molar-refractivity contribution in [2.75, 3.05) is 13.1 Å². The number of benzene rings is 1. The van der Waals surface area contributed by atoms with Crippen molar-refractivity contribution in [1.29, 1.82) is 0 Å². The molecule has 1 amide bonds. The van der Waals surface area contributed by atoms with Crippen molar-refractivity contribution in [3.8, 4) is 0 Å². The summed E-state index contributed by atoms with van der Waals surface area (Å²) in [5, 5.41) is 6.03. The van der Waals surface area contributed by atoms with E-state index in [2.05, 4.69) is 10.6 Å². The zero-order valence-electron chi connectivity index (χ0n) is 10.0. The van der Waals surface area contributed by atoms with Gasteiger partial charge >= 0.3 is 0 Å². The van der Waals surface area contributed by atoms with Crippen molar-refractivity contribution >= 4 is 5.91 Å². The maximum absolute atomic E-state index is 13.4. The van der Waals surface area contributed by atoms with Gasteiger partial charge in [0.15, 0.2) is 0 Å². The Kier molecular flexibility index (Phi) is 4.25. The Morgan fingerprint density at radius 2 is 2.28 bits per heavy atom. The third-order valence-corrected chi connectivity index (χ3v) is 3.03. The van der Waals surface area contributed by atoms with Gasteiger partial charge in [-0.15, -0.1) is 0 Å². The number of piperidine rings is 1. The van der Waals surface area contributed by atoms with Crippen LogP contribution in [0.2, 0.25) is 0 Å². The number of nitrogens with one attached hydrogen (secondary N) is 2. The molecular weight excluding hydrogens is 238 g/mol. The Morgan fingerprint density at radius 1 is 1.44 bits per heavy atom. The fourth-order valence-electron chi connectivity index (χ4n) is 2.09. The minimum Gasteiger partial charge on any atom is -0.352 e. The number of halogens is 2. The molecule has 1 aliphatic rings. The van der Waals surface area contributed by atoms with Gasteiger partial charge in [0, 0.05) is 18.7 Å². The van der Waals surface area contributed by atoms with Gasteiger partial charge in [-0.3, -0.25) is 4.79 Å². The van der Waals surface area contributed by atoms with E-state index in [0.29, 0.717) is 0 Å². The quantitative estimate of drug-likeness (QED) is 0.855. The maximum atomic E-state index is 13.4. The minimum atomic E-state index is -0.674. The lowest BCUT2D eigenvalue weighted by Crippen LogP contribution is -2.46. The van der Waals surface area contributed by atoms with E-state index in [9.17, 15) is 13.6 Å². The van der Waals surface area contributed by atoms with Crippen LogP contribution < -0.4 is 10.6 Å². The fraction of sp³-hybridized carbons (Fsp3) is 0.462. The molecule has 1 aromatic carbocycles. The predicted octanol–water partition coefficient (Wildman–Crippen LogP) is 1.38. The molecule has 1 atom stereocenters. The van der Waals surface area contributed by atoms with E-state index < -0.39 is 11.6 Å². The van der Waals surface area contributed by atoms with Crippen LogP contribution in [-0.2, 0) is 11.2 Å². The molecule has 1 fully saturated rings. The van der Waals surface area contributed by atoms with Gasteiger partial charge in [-0.1, -0.05) is 6.07 Å². The molecule has 0 radical (unpaired) electrons. The third-order valence-electron chi connectivity index (χ3n) is 3.03. The Bertz CT molecular complexity index is 431. The van der Waals surface area contributed by atoms with Gasteiger partial charge in [0.25, 0.3) is 0 Å². The second-order valence-corrected chi connectivity index (χ2v) is 4.52. The smallest absolute Gasteiger partial charge is 0.224 e. The van der Waals surface area contributed by atoms with Crippen LogP contribution in [0.15, 0.2) is 18.2 Å². The van der Waals surface area contributed by atoms with Crippen molar-refractivity contribution in [3.63, 3.8) is 0 Å². The van der Waals surface area contributed by atoms with Crippen molar-refractivity contribution in [3.05, 3.63) is 35.4 Å². The molecule has 0 saturated carbocycles. The summed E-state index contributed by atoms with van der Waals surface area (Å²) in [6, 6.07) is 3.37. The van der Waals surface area contributed by atoms with E-state index in [-0.39, 0.29) is 23.9 Å². The van der Waals surface area contributed by atoms with Gasteiger partial charge in [-0.25, -0.2) is 8.78 Å². The zero-order valence-corrected chi connectivity index (χ0v) is 10.0. The molecule has 5 heteroatoms. The standard InChI is InChI=1S/C13H16F2N2O/c14-10-4-3-9(12(15)7-10)6-13(18)17-11-2-1-5-16-8-11/h3-4,7,11,16H,1-2,5-6,8H2,(H,17,18). The van der Waals surface area contributed by atoms with Crippen LogP contribution in [0, 0.1) is 11.6 Å². The number of carbonyl (C=O) groups excluding carboxylic acids is 1. The van der Waals surface area contributed by atoms with Crippen molar-refractivity contribution in [2.24, 2.45) is 0 Å². The van der Waals surface area contributed by atoms with E-state index in [4.69, 9.17) is 0 Å². The van der Waals surface area contributed by atoms with Crippen LogP contribution >= 0.6 is 0 Å². The molecule has 1 aliphatic heterocycles. The number of carbonyl (C=O) groups is 1. The molecule has 0 aliphatic carbocycles. The van der Waals surface area contributed by atoms with E-state index in [1.165, 1.54) is 6.07 Å². The lowest BCUT2D eigenvalue weighted by atomic mass is 10.1. The Labute approximate surface area is 105 Å². The van der Waals surface area contributed by atoms with Crippen LogP contribution in [-0.4, -0.2) is 25.0 Å². The van der Waals surface area contributed by atoms with Crippen LogP contribution in [0.4, 0.5) is 8.78 Å². The van der Waals surface area contributed by atoms with Crippen molar-refractivity contribution < 1.29 is 13.6 Å². The number of hydrogen-bond acceptors (Lipinski definition) is 2. The number of hydrogen-bond donors (Lipinski definition) is 2. The number of amides is 1. The summed E-state index contributed by atoms with van der Waals surface area (Å²) >= 11 is 0. The molecular formula is C13H16F2N2O. The van der Waals surface area contributed by atoms with Crippen LogP contribution in [0.1, 0.15) is 18.4 Å². The van der Waals surface area contributed by atoms with Crippen molar-refractivity contribution in [1.82, 2.24) is 10.6 Å². The highest BCUT2D eigenvalue weighted by molar-refractivity contribution is 5.78. The normalized spacial score (nSPS) is 19.6. The van der Waals surface area contributed by atoms with Gasteiger partial charge in [0.2, 0.25) is 5.91 Å². The van der Waals surface area contributed by atoms with E-state index in [1.54, 1.807) is 0 Å². The number of rotatable bonds is 3. The Balaban J connectivity index is 1.90. The maximum Gasteiger partial charge on any atom is 0.224 e. The van der Waals surface area contributed by atoms with Gasteiger partial charge in [-0.2, -0.15) is 0 Å². The molecule has 0 aromatic heterocycles. The summed E-state index contributed by atoms with van der Waals surface area (Å²) in [6.45, 7) is 1.72. The average Bonchev–Trinajstić information content (AvgIpc) is 2.34. The van der Waals surface area contributed by atoms with E-state index in [0.717, 1.165) is 38.1 Å². The SMILES string of the molecule is O=C(Cc1ccc(F)cc1F)NC1CCCNC1. The van der Waals surface area contributed by atoms with Crippen LogP contribution in [0.25, 0.3) is 0 Å². The monoisotopic (exact) mass is 254 g/mol. The Morgan fingerprint density at radius 3 is 2.94 bits per heavy atom. The molecule has 2 N–H and O–H groups in total. The molecule has 98 valence electrons. The Hall–Kier alpha value is -1.49. The summed E-state index contributed by atoms with van der Waals surface area (Å²) in [5.41, 5.74) is 0.220. The largest absolute Gasteiger partial charge is 0.352 e. The minimum absolute atomic E-state index is 0.0530. The van der Waals surface area contributed by atoms with Gasteiger partial charge in [0.1, 0.15) is 11.6 Å². The molecule has 1 aromatic rings. The highest BCUT2D eigenvalue weighted by atomic mass is 19.1. The lowest BCUT2D eigenvalue weighted by molar-refractivity contribution is -0.121. The topological polar surface area (TPSA) is 41.1 Å². The van der Waals surface area contributed by atoms with Crippen molar-refractivity contribution in [2.45, 2.75) is 25.3 Å². The molecule has 1 unspecified atom stereocenters. The van der Waals surface area contributed by atoms with Crippen LogP contribution in [0.3, 0.4) is 0 Å². The first kappa shape index (κ1) is 13.0. The lowest BCUT2D eigenvalue weighted by Gasteiger charge is -2.23. The molecule has 3 nitrogen and oxygen atoms in total. The average molecular weight is 254 g/mol. The summed E-state index contributed by atoms with van der Waals surface area (Å²) < 4.78 is 26.1. The summed E-state index contributed by atoms with van der Waals surface area (Å²) in [4.78, 5) is 11.7. The summed E-state index contributed by atoms with van der Waals surface area (Å²) in [5.74, 6) is -1.53. The fourth-order valence-corrected chi connectivity index (χ4v) is 2.09. The molecule has 18 heavy (non-hydrogen) atoms. The first-order valence-corrected chi connectivity index (χ1v) is 6.09. The first-order valence-electron chi connectivity index (χ1n) is 6.09. The molecule has 0 spiro atoms. The molecule has 1 saturated heterocycles. The highest BCUT2D eigenvalue weighted by Gasteiger charge is 2.16. The van der Waals surface area contributed by atoms with Gasteiger partial charge in [0.05, 0.1) is 6.42 Å². The van der Waals surface area contributed by atoms with E-state index >= 15 is 0 Å². The predicted molar refractivity (Wildman–Crippen MR) is 64.1 cm³/mol. The van der Waals surface area contributed by atoms with Gasteiger partial charge in [-0.05, 0) is 31.0 Å². The second kappa shape index (κ2) is 5.91. The van der Waals surface area contributed by atoms with Crippen LogP contribution in [0.5, 0.6) is 0 Å². The molecule has 1 heterocycles. The molecule has 2 rings (SSSR count). The second-order valence-electron chi connectivity index (χ2n) is 4.52. The highest BCUT2D eigenvalue weighted by Crippen LogP contribution is 2.10. The zero-order chi connectivity index (χ0) is 13.0.